The number of furan rings is 1. The monoisotopic (exact) mass is 375 g/mol. The van der Waals surface area contributed by atoms with Crippen molar-refractivity contribution < 1.29 is 22.4 Å². The van der Waals surface area contributed by atoms with Gasteiger partial charge in [0.25, 0.3) is 0 Å². The Morgan fingerprint density at radius 3 is 2.65 bits per heavy atom. The Morgan fingerprint density at radius 1 is 1.31 bits per heavy atom. The predicted molar refractivity (Wildman–Crippen MR) is 98.3 cm³/mol. The first-order valence-corrected chi connectivity index (χ1v) is 10.1. The summed E-state index contributed by atoms with van der Waals surface area (Å²) < 4.78 is 34.1. The number of ether oxygens (including phenoxy) is 1. The van der Waals surface area contributed by atoms with E-state index in [9.17, 15) is 13.2 Å². The molecule has 1 aliphatic heterocycles. The number of nitrogens with zero attached hydrogens (tertiary/aromatic N) is 1. The van der Waals surface area contributed by atoms with Gasteiger partial charge in [0.2, 0.25) is 5.91 Å². The van der Waals surface area contributed by atoms with Gasteiger partial charge in [-0.2, -0.15) is 0 Å². The summed E-state index contributed by atoms with van der Waals surface area (Å²) in [5.41, 5.74) is 0.912. The molecule has 0 spiro atoms. The van der Waals surface area contributed by atoms with Crippen molar-refractivity contribution in [2.45, 2.75) is 19.0 Å². The molecule has 0 saturated carbocycles. The quantitative estimate of drug-likeness (QED) is 0.725. The molecular weight excluding hydrogens is 354 g/mol. The first-order chi connectivity index (χ1) is 12.5. The maximum Gasteiger partial charge on any atom is 0.247 e. The van der Waals surface area contributed by atoms with Crippen LogP contribution in [0.5, 0.6) is 5.75 Å². The number of amides is 1. The second-order valence-electron chi connectivity index (χ2n) is 6.22. The summed E-state index contributed by atoms with van der Waals surface area (Å²) in [6.07, 6.45) is 5.00. The van der Waals surface area contributed by atoms with E-state index in [-0.39, 0.29) is 23.5 Å². The lowest BCUT2D eigenvalue weighted by Crippen LogP contribution is -2.39. The Hall–Kier alpha value is -2.54. The van der Waals surface area contributed by atoms with Gasteiger partial charge in [0, 0.05) is 18.7 Å². The zero-order chi connectivity index (χ0) is 18.6. The smallest absolute Gasteiger partial charge is 0.247 e. The van der Waals surface area contributed by atoms with Crippen LogP contribution in [0.15, 0.2) is 53.2 Å². The van der Waals surface area contributed by atoms with Gasteiger partial charge in [-0.1, -0.05) is 12.1 Å². The number of rotatable bonds is 6. The largest absolute Gasteiger partial charge is 0.497 e. The maximum absolute atomic E-state index is 12.7. The molecule has 1 unspecified atom stereocenters. The third-order valence-electron chi connectivity index (χ3n) is 4.38. The second kappa shape index (κ2) is 7.78. The molecule has 1 fully saturated rings. The fourth-order valence-electron chi connectivity index (χ4n) is 2.97. The number of benzene rings is 1. The summed E-state index contributed by atoms with van der Waals surface area (Å²) in [6.45, 7) is 0.339. The van der Waals surface area contributed by atoms with Gasteiger partial charge in [0.05, 0.1) is 24.9 Å². The third-order valence-corrected chi connectivity index (χ3v) is 6.13. The molecule has 0 N–H and O–H groups in total. The van der Waals surface area contributed by atoms with Crippen molar-refractivity contribution in [3.63, 3.8) is 0 Å². The zero-order valence-electron chi connectivity index (χ0n) is 14.5. The van der Waals surface area contributed by atoms with E-state index in [4.69, 9.17) is 9.15 Å². The van der Waals surface area contributed by atoms with E-state index in [2.05, 4.69) is 0 Å². The summed E-state index contributed by atoms with van der Waals surface area (Å²) in [5.74, 6) is 1.18. The van der Waals surface area contributed by atoms with Crippen LogP contribution in [-0.4, -0.2) is 43.9 Å². The van der Waals surface area contributed by atoms with Crippen LogP contribution >= 0.6 is 0 Å². The van der Waals surface area contributed by atoms with Crippen LogP contribution in [0.2, 0.25) is 0 Å². The lowest BCUT2D eigenvalue weighted by molar-refractivity contribution is -0.128. The summed E-state index contributed by atoms with van der Waals surface area (Å²) in [4.78, 5) is 14.4. The average Bonchev–Trinajstić information content (AvgIpc) is 3.27. The minimum atomic E-state index is -3.09. The van der Waals surface area contributed by atoms with Crippen molar-refractivity contribution in [1.29, 1.82) is 0 Å². The van der Waals surface area contributed by atoms with Gasteiger partial charge in [0.1, 0.15) is 11.5 Å². The molecule has 3 rings (SSSR count). The molecule has 0 bridgehead atoms. The SMILES string of the molecule is COc1ccc(CN(C(=O)/C=C/c2ccco2)C2CCS(=O)(=O)C2)cc1. The molecule has 1 aromatic carbocycles. The van der Waals surface area contributed by atoms with E-state index in [1.807, 2.05) is 24.3 Å². The average molecular weight is 375 g/mol. The first-order valence-electron chi connectivity index (χ1n) is 8.32. The molecule has 6 nitrogen and oxygen atoms in total. The zero-order valence-corrected chi connectivity index (χ0v) is 15.3. The molecule has 2 aromatic rings. The molecule has 0 aliphatic carbocycles. The van der Waals surface area contributed by atoms with Crippen molar-refractivity contribution in [2.75, 3.05) is 18.6 Å². The number of sulfone groups is 1. The standard InChI is InChI=1S/C19H21NO5S/c1-24-17-6-4-15(5-7-17)13-20(16-10-12-26(22,23)14-16)19(21)9-8-18-3-2-11-25-18/h2-9,11,16H,10,12-14H2,1H3/b9-8+. The molecule has 138 valence electrons. The number of hydrogen-bond acceptors (Lipinski definition) is 5. The number of methoxy groups -OCH3 is 1. The van der Waals surface area contributed by atoms with Gasteiger partial charge in [0.15, 0.2) is 9.84 Å². The highest BCUT2D eigenvalue weighted by atomic mass is 32.2. The lowest BCUT2D eigenvalue weighted by atomic mass is 10.1. The van der Waals surface area contributed by atoms with E-state index >= 15 is 0 Å². The third kappa shape index (κ3) is 4.54. The van der Waals surface area contributed by atoms with Crippen LogP contribution in [0.1, 0.15) is 17.7 Å². The topological polar surface area (TPSA) is 76.8 Å². The van der Waals surface area contributed by atoms with Crippen molar-refractivity contribution in [1.82, 2.24) is 4.90 Å². The Kier molecular flexibility index (Phi) is 5.46. The van der Waals surface area contributed by atoms with Gasteiger partial charge < -0.3 is 14.1 Å². The maximum atomic E-state index is 12.7. The van der Waals surface area contributed by atoms with Crippen molar-refractivity contribution in [3.8, 4) is 5.75 Å². The van der Waals surface area contributed by atoms with Crippen LogP contribution < -0.4 is 4.74 Å². The fraction of sp³-hybridized carbons (Fsp3) is 0.316. The number of hydrogen-bond donors (Lipinski definition) is 0. The Balaban J connectivity index is 1.79. The molecule has 1 atom stereocenters. The van der Waals surface area contributed by atoms with Crippen LogP contribution in [0.3, 0.4) is 0 Å². The molecule has 1 aromatic heterocycles. The van der Waals surface area contributed by atoms with Crippen molar-refractivity contribution in [2.24, 2.45) is 0 Å². The minimum absolute atomic E-state index is 0.00346. The molecule has 2 heterocycles. The van der Waals surface area contributed by atoms with Gasteiger partial charge in [-0.05, 0) is 42.3 Å². The lowest BCUT2D eigenvalue weighted by Gasteiger charge is -2.27. The predicted octanol–water partition coefficient (Wildman–Crippen LogP) is 2.52. The molecule has 1 saturated heterocycles. The normalized spacial score (nSPS) is 18.9. The van der Waals surface area contributed by atoms with E-state index < -0.39 is 9.84 Å². The van der Waals surface area contributed by atoms with Crippen molar-refractivity contribution >= 4 is 21.8 Å². The highest BCUT2D eigenvalue weighted by Crippen LogP contribution is 2.22. The summed E-state index contributed by atoms with van der Waals surface area (Å²) in [7, 11) is -1.50. The minimum Gasteiger partial charge on any atom is -0.497 e. The first kappa shape index (κ1) is 18.3. The number of carbonyl (C=O) groups is 1. The second-order valence-corrected chi connectivity index (χ2v) is 8.45. The van der Waals surface area contributed by atoms with Crippen LogP contribution in [-0.2, 0) is 21.2 Å². The van der Waals surface area contributed by atoms with E-state index in [0.717, 1.165) is 11.3 Å². The molecule has 1 amide bonds. The summed E-state index contributed by atoms with van der Waals surface area (Å²) in [5, 5.41) is 0. The Bertz CT molecular complexity index is 869. The van der Waals surface area contributed by atoms with E-state index in [1.165, 1.54) is 12.3 Å². The highest BCUT2D eigenvalue weighted by Gasteiger charge is 2.34. The van der Waals surface area contributed by atoms with Gasteiger partial charge in [-0.3, -0.25) is 4.79 Å². The molecule has 0 radical (unpaired) electrons. The highest BCUT2D eigenvalue weighted by molar-refractivity contribution is 7.91. The molecule has 26 heavy (non-hydrogen) atoms. The molecule has 1 aliphatic rings. The Labute approximate surface area is 153 Å². The van der Waals surface area contributed by atoms with E-state index in [0.29, 0.717) is 18.7 Å². The summed E-state index contributed by atoms with van der Waals surface area (Å²) in [6, 6.07) is 10.6. The van der Waals surface area contributed by atoms with Crippen molar-refractivity contribution in [3.05, 3.63) is 60.1 Å². The van der Waals surface area contributed by atoms with E-state index in [1.54, 1.807) is 30.2 Å². The van der Waals surface area contributed by atoms with Crippen LogP contribution in [0, 0.1) is 0 Å². The Morgan fingerprint density at radius 2 is 2.08 bits per heavy atom. The van der Waals surface area contributed by atoms with Gasteiger partial charge in [-0.25, -0.2) is 8.42 Å². The fourth-order valence-corrected chi connectivity index (χ4v) is 4.70. The molecular formula is C19H21NO5S. The van der Waals surface area contributed by atoms with Gasteiger partial charge in [-0.15, -0.1) is 0 Å². The molecule has 7 heteroatoms. The summed E-state index contributed by atoms with van der Waals surface area (Å²) >= 11 is 0. The van der Waals surface area contributed by atoms with Gasteiger partial charge >= 0.3 is 0 Å². The van der Waals surface area contributed by atoms with Crippen LogP contribution in [0.4, 0.5) is 0 Å². The number of carbonyl (C=O) groups excluding carboxylic acids is 1. The van der Waals surface area contributed by atoms with Crippen LogP contribution in [0.25, 0.3) is 6.08 Å².